The fourth-order valence-electron chi connectivity index (χ4n) is 0.930. The van der Waals surface area contributed by atoms with Gasteiger partial charge in [-0.25, -0.2) is 4.79 Å². The Morgan fingerprint density at radius 1 is 1.64 bits per heavy atom. The van der Waals surface area contributed by atoms with Crippen LogP contribution in [-0.4, -0.2) is 18.2 Å². The molecule has 1 N–H and O–H groups in total. The number of aliphatic hydroxyl groups is 1. The Bertz CT molecular complexity index is 354. The Morgan fingerprint density at radius 2 is 2.29 bits per heavy atom. The molecule has 0 aliphatic carbocycles. The van der Waals surface area contributed by atoms with Gasteiger partial charge in [0.1, 0.15) is 0 Å². The molecule has 0 saturated carbocycles. The fraction of sp³-hybridized carbons (Fsp3) is 0.222. The molecule has 5 heteroatoms. The lowest BCUT2D eigenvalue weighted by molar-refractivity contribution is -0.150. The van der Waals surface area contributed by atoms with E-state index >= 15 is 0 Å². The topological polar surface area (TPSA) is 46.5 Å². The van der Waals surface area contributed by atoms with Crippen molar-refractivity contribution in [3.8, 4) is 0 Å². The molecule has 76 valence electrons. The second-order valence-electron chi connectivity index (χ2n) is 2.60. The molecule has 0 heterocycles. The predicted molar refractivity (Wildman–Crippen MR) is 56.1 cm³/mol. The van der Waals surface area contributed by atoms with Crippen molar-refractivity contribution in [1.82, 2.24) is 0 Å². The molecule has 0 aromatic heterocycles. The summed E-state index contributed by atoms with van der Waals surface area (Å²) in [4.78, 5) is 11.0. The molecule has 1 rings (SSSR count). The molecule has 1 unspecified atom stereocenters. The van der Waals surface area contributed by atoms with Crippen LogP contribution in [0, 0.1) is 0 Å². The summed E-state index contributed by atoms with van der Waals surface area (Å²) in [5, 5.41) is 9.89. The minimum absolute atomic E-state index is 0.407. The summed E-state index contributed by atoms with van der Waals surface area (Å²) >= 11 is 9.00. The van der Waals surface area contributed by atoms with Crippen LogP contribution < -0.4 is 0 Å². The van der Waals surface area contributed by atoms with Gasteiger partial charge >= 0.3 is 5.97 Å². The maximum atomic E-state index is 11.0. The highest BCUT2D eigenvalue weighted by atomic mass is 79.9. The normalized spacial score (nSPS) is 12.3. The Labute approximate surface area is 94.8 Å². The number of methoxy groups -OCH3 is 1. The fourth-order valence-corrected chi connectivity index (χ4v) is 1.37. The van der Waals surface area contributed by atoms with Crippen LogP contribution in [0.5, 0.6) is 0 Å². The van der Waals surface area contributed by atoms with Crippen molar-refractivity contribution < 1.29 is 14.6 Å². The molecule has 0 fully saturated rings. The maximum absolute atomic E-state index is 11.0. The second-order valence-corrected chi connectivity index (χ2v) is 3.86. The molecular formula is C9H8BrClO3. The van der Waals surface area contributed by atoms with Gasteiger partial charge in [0.2, 0.25) is 0 Å². The van der Waals surface area contributed by atoms with Crippen LogP contribution in [-0.2, 0) is 9.53 Å². The third-order valence-electron chi connectivity index (χ3n) is 1.68. The van der Waals surface area contributed by atoms with Crippen LogP contribution in [0.4, 0.5) is 0 Å². The van der Waals surface area contributed by atoms with Gasteiger partial charge in [-0.1, -0.05) is 17.7 Å². The van der Waals surface area contributed by atoms with Gasteiger partial charge in [0.15, 0.2) is 6.10 Å². The molecular weight excluding hydrogens is 271 g/mol. The third kappa shape index (κ3) is 2.47. The van der Waals surface area contributed by atoms with Crippen molar-refractivity contribution in [2.75, 3.05) is 7.11 Å². The number of benzene rings is 1. The van der Waals surface area contributed by atoms with E-state index in [1.165, 1.54) is 13.2 Å². The number of aliphatic hydroxyl groups excluding tert-OH is 1. The zero-order chi connectivity index (χ0) is 10.7. The van der Waals surface area contributed by atoms with Crippen molar-refractivity contribution in [3.05, 3.63) is 33.3 Å². The lowest BCUT2D eigenvalue weighted by atomic mass is 10.1. The van der Waals surface area contributed by atoms with E-state index < -0.39 is 12.1 Å². The summed E-state index contributed by atoms with van der Waals surface area (Å²) in [7, 11) is 1.21. The minimum atomic E-state index is -1.29. The number of ether oxygens (including phenoxy) is 1. The summed E-state index contributed by atoms with van der Waals surface area (Å²) < 4.78 is 5.10. The van der Waals surface area contributed by atoms with Crippen LogP contribution in [0.2, 0.25) is 5.02 Å². The Balaban J connectivity index is 2.96. The van der Waals surface area contributed by atoms with Crippen molar-refractivity contribution >= 4 is 33.5 Å². The number of hydrogen-bond acceptors (Lipinski definition) is 3. The molecule has 0 bridgehead atoms. The van der Waals surface area contributed by atoms with Crippen molar-refractivity contribution in [3.63, 3.8) is 0 Å². The molecule has 0 spiro atoms. The van der Waals surface area contributed by atoms with Crippen molar-refractivity contribution in [2.45, 2.75) is 6.10 Å². The predicted octanol–water partition coefficient (Wildman–Crippen LogP) is 2.31. The summed E-state index contributed by atoms with van der Waals surface area (Å²) in [6.07, 6.45) is -1.29. The monoisotopic (exact) mass is 278 g/mol. The van der Waals surface area contributed by atoms with Crippen LogP contribution in [0.1, 0.15) is 11.7 Å². The first kappa shape index (κ1) is 11.5. The second kappa shape index (κ2) is 4.77. The molecule has 0 aliphatic rings. The van der Waals surface area contributed by atoms with E-state index in [0.717, 1.165) is 0 Å². The number of carbonyl (C=O) groups is 1. The first-order chi connectivity index (χ1) is 6.56. The molecule has 0 radical (unpaired) electrons. The lowest BCUT2D eigenvalue weighted by Crippen LogP contribution is -2.13. The standard InChI is InChI=1S/C9H8BrClO3/c1-14-9(13)8(12)5-2-3-6(10)7(11)4-5/h2-4,8,12H,1H3. The van der Waals surface area contributed by atoms with Gasteiger partial charge in [-0.15, -0.1) is 0 Å². The van der Waals surface area contributed by atoms with Gasteiger partial charge < -0.3 is 9.84 Å². The van der Waals surface area contributed by atoms with E-state index in [4.69, 9.17) is 11.6 Å². The number of halogens is 2. The van der Waals surface area contributed by atoms with Gasteiger partial charge in [-0.05, 0) is 33.6 Å². The Morgan fingerprint density at radius 3 is 2.79 bits per heavy atom. The van der Waals surface area contributed by atoms with E-state index in [9.17, 15) is 9.90 Å². The lowest BCUT2D eigenvalue weighted by Gasteiger charge is -2.08. The third-order valence-corrected chi connectivity index (χ3v) is 2.92. The van der Waals surface area contributed by atoms with E-state index in [2.05, 4.69) is 20.7 Å². The van der Waals surface area contributed by atoms with Crippen molar-refractivity contribution in [1.29, 1.82) is 0 Å². The Hall–Kier alpha value is -0.580. The van der Waals surface area contributed by atoms with Crippen molar-refractivity contribution in [2.24, 2.45) is 0 Å². The highest BCUT2D eigenvalue weighted by Gasteiger charge is 2.18. The number of hydrogen-bond donors (Lipinski definition) is 1. The first-order valence-corrected chi connectivity index (χ1v) is 4.94. The van der Waals surface area contributed by atoms with Crippen LogP contribution >= 0.6 is 27.5 Å². The zero-order valence-corrected chi connectivity index (χ0v) is 9.67. The smallest absolute Gasteiger partial charge is 0.339 e. The molecule has 0 aliphatic heterocycles. The number of esters is 1. The average molecular weight is 280 g/mol. The van der Waals surface area contributed by atoms with E-state index in [-0.39, 0.29) is 0 Å². The molecule has 0 amide bonds. The summed E-state index contributed by atoms with van der Waals surface area (Å²) in [5.74, 6) is -0.705. The van der Waals surface area contributed by atoms with Gasteiger partial charge in [-0.3, -0.25) is 0 Å². The summed E-state index contributed by atoms with van der Waals surface area (Å²) in [6, 6.07) is 4.76. The van der Waals surface area contributed by atoms with Crippen LogP contribution in [0.25, 0.3) is 0 Å². The highest BCUT2D eigenvalue weighted by Crippen LogP contribution is 2.26. The summed E-state index contributed by atoms with van der Waals surface area (Å²) in [5.41, 5.74) is 0.407. The first-order valence-electron chi connectivity index (χ1n) is 3.77. The maximum Gasteiger partial charge on any atom is 0.339 e. The minimum Gasteiger partial charge on any atom is -0.467 e. The van der Waals surface area contributed by atoms with Crippen LogP contribution in [0.3, 0.4) is 0 Å². The SMILES string of the molecule is COC(=O)C(O)c1ccc(Br)c(Cl)c1. The molecule has 0 saturated heterocycles. The number of carbonyl (C=O) groups excluding carboxylic acids is 1. The molecule has 1 aromatic carbocycles. The van der Waals surface area contributed by atoms with Gasteiger partial charge in [0, 0.05) is 4.47 Å². The largest absolute Gasteiger partial charge is 0.467 e. The van der Waals surface area contributed by atoms with E-state index in [1.54, 1.807) is 12.1 Å². The quantitative estimate of drug-likeness (QED) is 0.845. The van der Waals surface area contributed by atoms with Gasteiger partial charge in [0.05, 0.1) is 12.1 Å². The highest BCUT2D eigenvalue weighted by molar-refractivity contribution is 9.10. The van der Waals surface area contributed by atoms with Gasteiger partial charge in [-0.2, -0.15) is 0 Å². The zero-order valence-electron chi connectivity index (χ0n) is 7.33. The van der Waals surface area contributed by atoms with E-state index in [1.807, 2.05) is 0 Å². The van der Waals surface area contributed by atoms with Crippen LogP contribution in [0.15, 0.2) is 22.7 Å². The summed E-state index contributed by atoms with van der Waals surface area (Å²) in [6.45, 7) is 0. The Kier molecular flexibility index (Phi) is 3.92. The number of rotatable bonds is 2. The molecule has 14 heavy (non-hydrogen) atoms. The average Bonchev–Trinajstić information content (AvgIpc) is 2.20. The molecule has 1 aromatic rings. The molecule has 3 nitrogen and oxygen atoms in total. The van der Waals surface area contributed by atoms with E-state index in [0.29, 0.717) is 15.1 Å². The van der Waals surface area contributed by atoms with Gasteiger partial charge in [0.25, 0.3) is 0 Å². The molecule has 1 atom stereocenters.